The van der Waals surface area contributed by atoms with Crippen molar-refractivity contribution in [2.24, 2.45) is 0 Å². The third-order valence-corrected chi connectivity index (χ3v) is 4.09. The van der Waals surface area contributed by atoms with Crippen LogP contribution in [0.5, 0.6) is 0 Å². The molecule has 0 saturated carbocycles. The Balaban J connectivity index is 2.19. The second-order valence-electron chi connectivity index (χ2n) is 4.98. The molecule has 3 rings (SSSR count). The largest absolute Gasteiger partial charge is 0.312 e. The molecular weight excluding hydrogens is 330 g/mol. The summed E-state index contributed by atoms with van der Waals surface area (Å²) < 4.78 is 2.82. The second kappa shape index (κ2) is 5.54. The smallest absolute Gasteiger partial charge is 0.103 e. The Bertz CT molecular complexity index is 796. The van der Waals surface area contributed by atoms with Gasteiger partial charge in [-0.1, -0.05) is 17.3 Å². The summed E-state index contributed by atoms with van der Waals surface area (Å²) >= 11 is 3.45. The number of rotatable bonds is 3. The molecule has 1 aromatic carbocycles. The molecule has 0 amide bonds. The molecule has 0 spiro atoms. The van der Waals surface area contributed by atoms with Gasteiger partial charge < -0.3 is 5.32 Å². The van der Waals surface area contributed by atoms with E-state index in [0.717, 1.165) is 32.5 Å². The van der Waals surface area contributed by atoms with E-state index in [1.165, 1.54) is 0 Å². The predicted molar refractivity (Wildman–Crippen MR) is 86.6 cm³/mol. The Labute approximate surface area is 131 Å². The van der Waals surface area contributed by atoms with Crippen LogP contribution in [-0.2, 0) is 0 Å². The Morgan fingerprint density at radius 3 is 2.90 bits per heavy atom. The first-order valence-electron chi connectivity index (χ1n) is 6.76. The molecule has 0 aliphatic carbocycles. The SMILES string of the molecule is CNC(C)c1nnn(-c2cccc3cc(Br)cnc23)c1C. The van der Waals surface area contributed by atoms with Crippen LogP contribution in [0.15, 0.2) is 34.9 Å². The molecule has 1 N–H and O–H groups in total. The van der Waals surface area contributed by atoms with Crippen LogP contribution in [0.2, 0.25) is 0 Å². The fourth-order valence-corrected chi connectivity index (χ4v) is 2.74. The number of nitrogens with zero attached hydrogens (tertiary/aromatic N) is 4. The van der Waals surface area contributed by atoms with E-state index in [-0.39, 0.29) is 6.04 Å². The topological polar surface area (TPSA) is 55.6 Å². The van der Waals surface area contributed by atoms with Crippen molar-refractivity contribution in [1.82, 2.24) is 25.3 Å². The molecule has 0 bridgehead atoms. The number of aromatic nitrogens is 4. The minimum atomic E-state index is 0.163. The zero-order chi connectivity index (χ0) is 15.0. The molecule has 0 aliphatic rings. The molecule has 21 heavy (non-hydrogen) atoms. The Hall–Kier alpha value is -1.79. The molecule has 0 aliphatic heterocycles. The summed E-state index contributed by atoms with van der Waals surface area (Å²) in [6.45, 7) is 4.10. The van der Waals surface area contributed by atoms with Gasteiger partial charge in [0.2, 0.25) is 0 Å². The normalized spacial score (nSPS) is 12.8. The van der Waals surface area contributed by atoms with Gasteiger partial charge in [0.05, 0.1) is 22.9 Å². The van der Waals surface area contributed by atoms with Gasteiger partial charge in [0, 0.05) is 16.1 Å². The van der Waals surface area contributed by atoms with Gasteiger partial charge in [-0.2, -0.15) is 0 Å². The fourth-order valence-electron chi connectivity index (χ4n) is 2.40. The number of benzene rings is 1. The highest BCUT2D eigenvalue weighted by molar-refractivity contribution is 9.10. The average Bonchev–Trinajstić information content (AvgIpc) is 2.87. The molecule has 1 atom stereocenters. The number of hydrogen-bond acceptors (Lipinski definition) is 4. The zero-order valence-corrected chi connectivity index (χ0v) is 13.7. The minimum absolute atomic E-state index is 0.163. The molecule has 0 saturated heterocycles. The molecule has 2 heterocycles. The molecule has 0 fully saturated rings. The van der Waals surface area contributed by atoms with E-state index in [1.807, 2.05) is 36.9 Å². The first-order valence-corrected chi connectivity index (χ1v) is 7.55. The summed E-state index contributed by atoms with van der Waals surface area (Å²) in [5, 5.41) is 12.9. The molecule has 0 radical (unpaired) electrons. The van der Waals surface area contributed by atoms with Crippen LogP contribution < -0.4 is 5.32 Å². The van der Waals surface area contributed by atoms with Crippen molar-refractivity contribution in [1.29, 1.82) is 0 Å². The molecule has 1 unspecified atom stereocenters. The van der Waals surface area contributed by atoms with Crippen LogP contribution in [0.25, 0.3) is 16.6 Å². The summed E-state index contributed by atoms with van der Waals surface area (Å²) in [4.78, 5) is 4.52. The second-order valence-corrected chi connectivity index (χ2v) is 5.90. The van der Waals surface area contributed by atoms with Crippen molar-refractivity contribution >= 4 is 26.8 Å². The van der Waals surface area contributed by atoms with Crippen molar-refractivity contribution in [2.75, 3.05) is 7.05 Å². The van der Waals surface area contributed by atoms with Crippen LogP contribution in [0.3, 0.4) is 0 Å². The highest BCUT2D eigenvalue weighted by atomic mass is 79.9. The Morgan fingerprint density at radius 1 is 1.33 bits per heavy atom. The van der Waals surface area contributed by atoms with Crippen molar-refractivity contribution in [3.8, 4) is 5.69 Å². The lowest BCUT2D eigenvalue weighted by Gasteiger charge is -2.10. The fraction of sp³-hybridized carbons (Fsp3) is 0.267. The quantitative estimate of drug-likeness (QED) is 0.792. The van der Waals surface area contributed by atoms with Gasteiger partial charge in [0.1, 0.15) is 5.69 Å². The third kappa shape index (κ3) is 2.45. The first-order chi connectivity index (χ1) is 10.1. The molecule has 3 aromatic rings. The maximum atomic E-state index is 4.52. The monoisotopic (exact) mass is 345 g/mol. The molecular formula is C15H16BrN5. The average molecular weight is 346 g/mol. The third-order valence-electron chi connectivity index (χ3n) is 3.66. The van der Waals surface area contributed by atoms with Crippen LogP contribution in [0, 0.1) is 6.92 Å². The van der Waals surface area contributed by atoms with E-state index >= 15 is 0 Å². The van der Waals surface area contributed by atoms with E-state index in [2.05, 4.69) is 49.5 Å². The Kier molecular flexibility index (Phi) is 3.73. The van der Waals surface area contributed by atoms with Gasteiger partial charge in [0.15, 0.2) is 0 Å². The van der Waals surface area contributed by atoms with Gasteiger partial charge in [-0.15, -0.1) is 5.10 Å². The highest BCUT2D eigenvalue weighted by Gasteiger charge is 2.16. The lowest BCUT2D eigenvalue weighted by Crippen LogP contribution is -2.14. The summed E-state index contributed by atoms with van der Waals surface area (Å²) in [7, 11) is 1.92. The van der Waals surface area contributed by atoms with Gasteiger partial charge in [-0.25, -0.2) is 4.68 Å². The van der Waals surface area contributed by atoms with Crippen LogP contribution in [0.1, 0.15) is 24.4 Å². The molecule has 5 nitrogen and oxygen atoms in total. The molecule has 108 valence electrons. The summed E-state index contributed by atoms with van der Waals surface area (Å²) in [5.41, 5.74) is 3.83. The van der Waals surface area contributed by atoms with E-state index in [0.29, 0.717) is 0 Å². The number of para-hydroxylation sites is 1. The zero-order valence-electron chi connectivity index (χ0n) is 12.1. The number of nitrogens with one attached hydrogen (secondary N) is 1. The lowest BCUT2D eigenvalue weighted by molar-refractivity contribution is 0.627. The standard InChI is InChI=1S/C15H16BrN5/c1-9(17-3)14-10(2)21(20-19-14)13-6-4-5-11-7-12(16)8-18-15(11)13/h4-9,17H,1-3H3. The number of halogens is 1. The van der Waals surface area contributed by atoms with Crippen LogP contribution in [0.4, 0.5) is 0 Å². The van der Waals surface area contributed by atoms with Gasteiger partial charge >= 0.3 is 0 Å². The van der Waals surface area contributed by atoms with E-state index in [4.69, 9.17) is 0 Å². The number of fused-ring (bicyclic) bond motifs is 1. The van der Waals surface area contributed by atoms with Crippen molar-refractivity contribution in [3.05, 3.63) is 46.3 Å². The summed E-state index contributed by atoms with van der Waals surface area (Å²) in [6.07, 6.45) is 1.80. The van der Waals surface area contributed by atoms with Gasteiger partial charge in [0.25, 0.3) is 0 Å². The minimum Gasteiger partial charge on any atom is -0.312 e. The van der Waals surface area contributed by atoms with E-state index in [1.54, 1.807) is 6.20 Å². The predicted octanol–water partition coefficient (Wildman–Crippen LogP) is 3.17. The van der Waals surface area contributed by atoms with Crippen LogP contribution >= 0.6 is 15.9 Å². The lowest BCUT2D eigenvalue weighted by atomic mass is 10.1. The Morgan fingerprint density at radius 2 is 2.14 bits per heavy atom. The van der Waals surface area contributed by atoms with Crippen molar-refractivity contribution in [2.45, 2.75) is 19.9 Å². The molecule has 6 heteroatoms. The summed E-state index contributed by atoms with van der Waals surface area (Å²) in [5.74, 6) is 0. The summed E-state index contributed by atoms with van der Waals surface area (Å²) in [6, 6.07) is 8.28. The maximum absolute atomic E-state index is 4.52. The maximum Gasteiger partial charge on any atom is 0.103 e. The van der Waals surface area contributed by atoms with Crippen LogP contribution in [-0.4, -0.2) is 27.0 Å². The number of pyridine rings is 1. The van der Waals surface area contributed by atoms with E-state index in [9.17, 15) is 0 Å². The molecule has 2 aromatic heterocycles. The van der Waals surface area contributed by atoms with Gasteiger partial charge in [-0.3, -0.25) is 4.98 Å². The first kappa shape index (κ1) is 14.2. The van der Waals surface area contributed by atoms with Gasteiger partial charge in [-0.05, 0) is 49.0 Å². The van der Waals surface area contributed by atoms with Crippen molar-refractivity contribution in [3.63, 3.8) is 0 Å². The highest BCUT2D eigenvalue weighted by Crippen LogP contribution is 2.25. The van der Waals surface area contributed by atoms with E-state index < -0.39 is 0 Å². The van der Waals surface area contributed by atoms with Crippen molar-refractivity contribution < 1.29 is 0 Å². The number of hydrogen-bond donors (Lipinski definition) is 1.